The zero-order valence-electron chi connectivity index (χ0n) is 18.8. The van der Waals surface area contributed by atoms with Gasteiger partial charge in [-0.3, -0.25) is 9.59 Å². The van der Waals surface area contributed by atoms with Crippen LogP contribution in [0.1, 0.15) is 24.8 Å². The molecule has 0 bridgehead atoms. The monoisotopic (exact) mass is 453 g/mol. The fraction of sp³-hybridized carbons (Fsp3) is 0.462. The summed E-state index contributed by atoms with van der Waals surface area (Å²) in [5, 5.41) is 5.93. The van der Waals surface area contributed by atoms with Crippen LogP contribution in [0.2, 0.25) is 0 Å². The second-order valence-corrected chi connectivity index (χ2v) is 9.00. The van der Waals surface area contributed by atoms with E-state index >= 15 is 0 Å². The molecule has 2 aromatic rings. The Morgan fingerprint density at radius 3 is 2.42 bits per heavy atom. The Hall–Kier alpha value is -2.77. The molecule has 0 unspecified atom stereocenters. The number of hydrogen-bond acceptors (Lipinski definition) is 4. The quantitative estimate of drug-likeness (QED) is 0.644. The van der Waals surface area contributed by atoms with Crippen molar-refractivity contribution < 1.29 is 18.7 Å². The van der Waals surface area contributed by atoms with Crippen molar-refractivity contribution in [2.45, 2.75) is 31.8 Å². The summed E-state index contributed by atoms with van der Waals surface area (Å²) in [5.41, 5.74) is 1.79. The van der Waals surface area contributed by atoms with Gasteiger partial charge < -0.3 is 20.3 Å². The van der Waals surface area contributed by atoms with Gasteiger partial charge in [-0.05, 0) is 55.5 Å². The number of rotatable bonds is 8. The van der Waals surface area contributed by atoms with Crippen molar-refractivity contribution >= 4 is 17.5 Å². The highest BCUT2D eigenvalue weighted by Crippen LogP contribution is 2.25. The molecule has 0 radical (unpaired) electrons. The SMILES string of the molecule is O=C(NC[C@H]1CCCO1)[C@H]1C[C@@H](C(=O)Nc2ccc(F)cc2)CN(CCc2ccccc2)C1. The second-order valence-electron chi connectivity index (χ2n) is 9.00. The van der Waals surface area contributed by atoms with Crippen LogP contribution >= 0.6 is 0 Å². The van der Waals surface area contributed by atoms with Crippen LogP contribution in [-0.4, -0.2) is 55.6 Å². The Morgan fingerprint density at radius 2 is 1.73 bits per heavy atom. The molecule has 2 heterocycles. The van der Waals surface area contributed by atoms with Crippen LogP contribution in [0, 0.1) is 17.7 Å². The molecule has 0 spiro atoms. The predicted molar refractivity (Wildman–Crippen MR) is 125 cm³/mol. The molecule has 2 fully saturated rings. The van der Waals surface area contributed by atoms with Crippen molar-refractivity contribution in [3.8, 4) is 0 Å². The van der Waals surface area contributed by atoms with Gasteiger partial charge in [-0.25, -0.2) is 4.39 Å². The van der Waals surface area contributed by atoms with Crippen molar-refractivity contribution in [3.05, 3.63) is 66.0 Å². The summed E-state index contributed by atoms with van der Waals surface area (Å²) in [6.45, 7) is 3.27. The standard InChI is InChI=1S/C26H32FN3O3/c27-22-8-10-23(11-9-22)29-26(32)21-15-20(25(31)28-16-24-7-4-14-33-24)17-30(18-21)13-12-19-5-2-1-3-6-19/h1-3,5-6,8-11,20-21,24H,4,7,12-18H2,(H,28,31)(H,29,32)/t20-,21+,24+/m0/s1. The number of amides is 2. The average molecular weight is 454 g/mol. The molecule has 2 N–H and O–H groups in total. The van der Waals surface area contributed by atoms with Gasteiger partial charge in [-0.2, -0.15) is 0 Å². The van der Waals surface area contributed by atoms with Crippen LogP contribution in [0.5, 0.6) is 0 Å². The lowest BCUT2D eigenvalue weighted by molar-refractivity contribution is -0.130. The van der Waals surface area contributed by atoms with E-state index in [1.807, 2.05) is 18.2 Å². The van der Waals surface area contributed by atoms with Crippen LogP contribution in [0.25, 0.3) is 0 Å². The van der Waals surface area contributed by atoms with Crippen molar-refractivity contribution in [2.24, 2.45) is 11.8 Å². The highest BCUT2D eigenvalue weighted by molar-refractivity contribution is 5.93. The minimum absolute atomic E-state index is 0.0190. The number of nitrogens with zero attached hydrogens (tertiary/aromatic N) is 1. The third-order valence-electron chi connectivity index (χ3n) is 6.47. The van der Waals surface area contributed by atoms with Crippen molar-refractivity contribution in [2.75, 3.05) is 38.1 Å². The molecule has 33 heavy (non-hydrogen) atoms. The third kappa shape index (κ3) is 6.85. The van der Waals surface area contributed by atoms with Crippen molar-refractivity contribution in [1.82, 2.24) is 10.2 Å². The lowest BCUT2D eigenvalue weighted by atomic mass is 9.87. The summed E-state index contributed by atoms with van der Waals surface area (Å²) in [4.78, 5) is 28.2. The molecule has 7 heteroatoms. The minimum Gasteiger partial charge on any atom is -0.376 e. The number of nitrogens with one attached hydrogen (secondary N) is 2. The molecular weight excluding hydrogens is 421 g/mol. The number of piperidine rings is 1. The van der Waals surface area contributed by atoms with E-state index in [0.29, 0.717) is 31.7 Å². The van der Waals surface area contributed by atoms with Crippen molar-refractivity contribution in [1.29, 1.82) is 0 Å². The van der Waals surface area contributed by atoms with Gasteiger partial charge in [0.1, 0.15) is 5.82 Å². The van der Waals surface area contributed by atoms with Crippen LogP contribution in [0.15, 0.2) is 54.6 Å². The fourth-order valence-electron chi connectivity index (χ4n) is 4.63. The first kappa shape index (κ1) is 23.4. The lowest BCUT2D eigenvalue weighted by Gasteiger charge is -2.36. The summed E-state index contributed by atoms with van der Waals surface area (Å²) in [5.74, 6) is -1.09. The van der Waals surface area contributed by atoms with Crippen LogP contribution in [0.4, 0.5) is 10.1 Å². The number of ether oxygens (including phenoxy) is 1. The van der Waals surface area contributed by atoms with E-state index in [4.69, 9.17) is 4.74 Å². The summed E-state index contributed by atoms with van der Waals surface area (Å²) >= 11 is 0. The molecule has 3 atom stereocenters. The summed E-state index contributed by atoms with van der Waals surface area (Å²) < 4.78 is 18.8. The van der Waals surface area contributed by atoms with Gasteiger partial charge in [-0.1, -0.05) is 30.3 Å². The fourth-order valence-corrected chi connectivity index (χ4v) is 4.63. The molecule has 0 saturated carbocycles. The third-order valence-corrected chi connectivity index (χ3v) is 6.47. The number of hydrogen-bond donors (Lipinski definition) is 2. The Bertz CT molecular complexity index is 916. The molecule has 4 rings (SSSR count). The Kier molecular flexibility index (Phi) is 8.07. The smallest absolute Gasteiger partial charge is 0.228 e. The Morgan fingerprint density at radius 1 is 1.00 bits per heavy atom. The minimum atomic E-state index is -0.347. The number of anilines is 1. The van der Waals surface area contributed by atoms with E-state index < -0.39 is 0 Å². The van der Waals surface area contributed by atoms with Crippen LogP contribution in [0.3, 0.4) is 0 Å². The number of carbonyl (C=O) groups excluding carboxylic acids is 2. The van der Waals surface area contributed by atoms with Gasteiger partial charge in [0, 0.05) is 38.5 Å². The lowest BCUT2D eigenvalue weighted by Crippen LogP contribution is -2.50. The Balaban J connectivity index is 1.39. The average Bonchev–Trinajstić information content (AvgIpc) is 3.37. The largest absolute Gasteiger partial charge is 0.376 e. The number of benzene rings is 2. The van der Waals surface area contributed by atoms with Gasteiger partial charge in [0.05, 0.1) is 17.9 Å². The molecule has 2 aliphatic heterocycles. The van der Waals surface area contributed by atoms with Gasteiger partial charge in [0.2, 0.25) is 11.8 Å². The predicted octanol–water partition coefficient (Wildman–Crippen LogP) is 3.24. The van der Waals surface area contributed by atoms with Crippen LogP contribution < -0.4 is 10.6 Å². The molecule has 0 aliphatic carbocycles. The van der Waals surface area contributed by atoms with E-state index in [1.54, 1.807) is 12.1 Å². The number of likely N-dealkylation sites (tertiary alicyclic amines) is 1. The van der Waals surface area contributed by atoms with E-state index in [1.165, 1.54) is 17.7 Å². The van der Waals surface area contributed by atoms with Gasteiger partial charge >= 0.3 is 0 Å². The number of carbonyl (C=O) groups is 2. The van der Waals surface area contributed by atoms with E-state index in [0.717, 1.165) is 32.4 Å². The zero-order valence-corrected chi connectivity index (χ0v) is 18.8. The zero-order chi connectivity index (χ0) is 23.0. The van der Waals surface area contributed by atoms with E-state index in [2.05, 4.69) is 27.7 Å². The first-order chi connectivity index (χ1) is 16.1. The van der Waals surface area contributed by atoms with Gasteiger partial charge in [-0.15, -0.1) is 0 Å². The highest BCUT2D eigenvalue weighted by atomic mass is 19.1. The molecule has 6 nitrogen and oxygen atoms in total. The normalized spacial score (nSPS) is 23.2. The first-order valence-corrected chi connectivity index (χ1v) is 11.8. The number of halogens is 1. The van der Waals surface area contributed by atoms with Gasteiger partial charge in [0.25, 0.3) is 0 Å². The molecule has 2 amide bonds. The molecule has 2 saturated heterocycles. The Labute approximate surface area is 194 Å². The van der Waals surface area contributed by atoms with Crippen LogP contribution in [-0.2, 0) is 20.7 Å². The van der Waals surface area contributed by atoms with E-state index in [9.17, 15) is 14.0 Å². The molecular formula is C26H32FN3O3. The summed E-state index contributed by atoms with van der Waals surface area (Å²) in [6, 6.07) is 16.0. The van der Waals surface area contributed by atoms with Crippen molar-refractivity contribution in [3.63, 3.8) is 0 Å². The molecule has 176 valence electrons. The first-order valence-electron chi connectivity index (χ1n) is 11.8. The maximum absolute atomic E-state index is 13.2. The van der Waals surface area contributed by atoms with Gasteiger partial charge in [0.15, 0.2) is 0 Å². The molecule has 2 aromatic carbocycles. The molecule has 2 aliphatic rings. The summed E-state index contributed by atoms with van der Waals surface area (Å²) in [7, 11) is 0. The van der Waals surface area contributed by atoms with E-state index in [-0.39, 0.29) is 35.6 Å². The summed E-state index contributed by atoms with van der Waals surface area (Å²) in [6.07, 6.45) is 3.44. The maximum atomic E-state index is 13.2. The molecule has 0 aromatic heterocycles. The highest BCUT2D eigenvalue weighted by Gasteiger charge is 2.35. The topological polar surface area (TPSA) is 70.7 Å². The maximum Gasteiger partial charge on any atom is 0.228 e. The second kappa shape index (κ2) is 11.4.